The number of benzene rings is 2. The minimum atomic E-state index is -0.695. The van der Waals surface area contributed by atoms with Gasteiger partial charge in [0.2, 0.25) is 11.8 Å². The van der Waals surface area contributed by atoms with Gasteiger partial charge in [-0.1, -0.05) is 42.3 Å². The number of amides is 5. The van der Waals surface area contributed by atoms with Gasteiger partial charge in [-0.25, -0.2) is 0 Å². The Balaban J connectivity index is 1.16. The van der Waals surface area contributed by atoms with E-state index in [1.165, 1.54) is 4.90 Å². The number of ether oxygens (including phenoxy) is 1. The lowest BCUT2D eigenvalue weighted by atomic mass is 9.76. The average molecular weight is 668 g/mol. The molecule has 49 heavy (non-hydrogen) atoms. The highest BCUT2D eigenvalue weighted by Gasteiger charge is 2.45. The molecule has 0 spiro atoms. The largest absolute Gasteiger partial charge is 0.491 e. The van der Waals surface area contributed by atoms with Crippen molar-refractivity contribution in [2.75, 3.05) is 26.2 Å². The predicted octanol–water partition coefficient (Wildman–Crippen LogP) is 3.99. The SMILES string of the molecule is Cc1cc(C(=O)NCCOc2cccc3c2[C@@H](CN2C(=O)c4ccccc4C2=O)N(C(=O)[C@@H]2CCCC[C@@H]2C(=O)NC2CCC2)CC3)no1. The smallest absolute Gasteiger partial charge is 0.273 e. The number of carbonyl (C=O) groups excluding carboxylic acids is 5. The summed E-state index contributed by atoms with van der Waals surface area (Å²) in [6.07, 6.45) is 6.57. The summed E-state index contributed by atoms with van der Waals surface area (Å²) in [6.45, 7) is 2.33. The molecular weight excluding hydrogens is 626 g/mol. The Morgan fingerprint density at radius 1 is 0.939 bits per heavy atom. The lowest BCUT2D eigenvalue weighted by Gasteiger charge is -2.43. The maximum atomic E-state index is 14.7. The van der Waals surface area contributed by atoms with Crippen molar-refractivity contribution < 1.29 is 33.2 Å². The molecule has 2 fully saturated rings. The molecule has 0 radical (unpaired) electrons. The molecule has 3 heterocycles. The van der Waals surface area contributed by atoms with Crippen LogP contribution in [-0.4, -0.2) is 76.8 Å². The van der Waals surface area contributed by atoms with Gasteiger partial charge in [0.15, 0.2) is 5.69 Å². The summed E-state index contributed by atoms with van der Waals surface area (Å²) in [5.74, 6) is -1.27. The van der Waals surface area contributed by atoms with E-state index >= 15 is 0 Å². The first-order chi connectivity index (χ1) is 23.8. The topological polar surface area (TPSA) is 151 Å². The Bertz CT molecular complexity index is 1750. The first kappa shape index (κ1) is 32.5. The molecule has 2 aliphatic heterocycles. The van der Waals surface area contributed by atoms with E-state index in [2.05, 4.69) is 15.8 Å². The van der Waals surface area contributed by atoms with E-state index in [0.717, 1.165) is 43.2 Å². The molecular formula is C37H41N5O7. The molecule has 0 saturated heterocycles. The summed E-state index contributed by atoms with van der Waals surface area (Å²) >= 11 is 0. The van der Waals surface area contributed by atoms with E-state index in [4.69, 9.17) is 9.26 Å². The highest BCUT2D eigenvalue weighted by atomic mass is 16.5. The first-order valence-corrected chi connectivity index (χ1v) is 17.3. The van der Waals surface area contributed by atoms with Crippen molar-refractivity contribution in [1.82, 2.24) is 25.6 Å². The quantitative estimate of drug-likeness (QED) is 0.243. The molecule has 3 aromatic rings. The van der Waals surface area contributed by atoms with E-state index < -0.39 is 29.7 Å². The van der Waals surface area contributed by atoms with Crippen LogP contribution in [0.1, 0.15) is 99.1 Å². The molecule has 3 atom stereocenters. The Labute approximate surface area is 284 Å². The number of hydrogen-bond acceptors (Lipinski definition) is 8. The number of nitrogens with one attached hydrogen (secondary N) is 2. The molecule has 256 valence electrons. The van der Waals surface area contributed by atoms with Gasteiger partial charge < -0.3 is 24.8 Å². The van der Waals surface area contributed by atoms with Crippen LogP contribution in [0.25, 0.3) is 0 Å². The molecule has 1 aromatic heterocycles. The fourth-order valence-electron chi connectivity index (χ4n) is 7.60. The van der Waals surface area contributed by atoms with Crippen molar-refractivity contribution in [3.05, 3.63) is 82.2 Å². The highest BCUT2D eigenvalue weighted by Crippen LogP contribution is 2.41. The van der Waals surface area contributed by atoms with E-state index in [1.54, 1.807) is 48.2 Å². The maximum Gasteiger partial charge on any atom is 0.273 e. The van der Waals surface area contributed by atoms with Crippen LogP contribution in [0.15, 0.2) is 53.1 Å². The van der Waals surface area contributed by atoms with E-state index in [-0.39, 0.29) is 49.2 Å². The lowest BCUT2D eigenvalue weighted by Crippen LogP contribution is -2.52. The number of hydrogen-bond donors (Lipinski definition) is 2. The van der Waals surface area contributed by atoms with E-state index in [0.29, 0.717) is 48.4 Å². The van der Waals surface area contributed by atoms with Crippen molar-refractivity contribution >= 4 is 29.5 Å². The fourth-order valence-corrected chi connectivity index (χ4v) is 7.60. The van der Waals surface area contributed by atoms with Crippen LogP contribution < -0.4 is 15.4 Å². The number of aromatic nitrogens is 1. The van der Waals surface area contributed by atoms with Gasteiger partial charge in [-0.3, -0.25) is 28.9 Å². The Kier molecular flexibility index (Phi) is 9.20. The molecule has 2 aromatic carbocycles. The first-order valence-electron chi connectivity index (χ1n) is 17.3. The molecule has 0 bridgehead atoms. The third-order valence-corrected chi connectivity index (χ3v) is 10.4. The minimum Gasteiger partial charge on any atom is -0.491 e. The zero-order valence-corrected chi connectivity index (χ0v) is 27.6. The van der Waals surface area contributed by atoms with Crippen molar-refractivity contribution in [3.63, 3.8) is 0 Å². The van der Waals surface area contributed by atoms with E-state index in [1.807, 2.05) is 12.1 Å². The van der Waals surface area contributed by atoms with Gasteiger partial charge in [-0.15, -0.1) is 0 Å². The van der Waals surface area contributed by atoms with Crippen LogP contribution in [0.3, 0.4) is 0 Å². The molecule has 12 nitrogen and oxygen atoms in total. The Morgan fingerprint density at radius 3 is 2.35 bits per heavy atom. The van der Waals surface area contributed by atoms with Crippen molar-refractivity contribution in [2.24, 2.45) is 11.8 Å². The van der Waals surface area contributed by atoms with Crippen molar-refractivity contribution in [2.45, 2.75) is 70.4 Å². The molecule has 2 N–H and O–H groups in total. The number of imide groups is 1. The number of rotatable bonds is 10. The monoisotopic (exact) mass is 667 g/mol. The van der Waals surface area contributed by atoms with E-state index in [9.17, 15) is 24.0 Å². The average Bonchev–Trinajstić information content (AvgIpc) is 3.64. The standard InChI is InChI=1S/C37H41N5O7/c1-22-20-29(40-49-22)34(44)38-17-19-48-31-15-6-8-23-16-18-41(35(45)26-12-3-2-11-25(26)33(43)39-24-9-7-10-24)30(32(23)31)21-42-36(46)27-13-4-5-14-28(27)37(42)47/h4-6,8,13-15,20,24-26,30H,2-3,7,9-12,16-19,21H2,1H3,(H,38,44)(H,39,43)/t25-,26+,30+/m0/s1. The molecule has 5 amide bonds. The number of aryl methyl sites for hydroxylation is 1. The molecule has 0 unspecified atom stereocenters. The number of carbonyl (C=O) groups is 5. The summed E-state index contributed by atoms with van der Waals surface area (Å²) in [5, 5.41) is 9.69. The summed E-state index contributed by atoms with van der Waals surface area (Å²) < 4.78 is 11.2. The van der Waals surface area contributed by atoms with Crippen LogP contribution in [0.2, 0.25) is 0 Å². The molecule has 7 rings (SSSR count). The van der Waals surface area contributed by atoms with Gasteiger partial charge in [0.05, 0.1) is 30.3 Å². The number of nitrogens with zero attached hydrogens (tertiary/aromatic N) is 3. The fraction of sp³-hybridized carbons (Fsp3) is 0.459. The highest BCUT2D eigenvalue weighted by molar-refractivity contribution is 6.21. The zero-order valence-electron chi connectivity index (χ0n) is 27.6. The maximum absolute atomic E-state index is 14.7. The second-order valence-electron chi connectivity index (χ2n) is 13.5. The zero-order chi connectivity index (χ0) is 34.1. The molecule has 12 heteroatoms. The lowest BCUT2D eigenvalue weighted by molar-refractivity contribution is -0.146. The third kappa shape index (κ3) is 6.43. The molecule has 2 aliphatic carbocycles. The van der Waals surface area contributed by atoms with Gasteiger partial charge in [0.1, 0.15) is 18.1 Å². The van der Waals surface area contributed by atoms with Gasteiger partial charge >= 0.3 is 0 Å². The second kappa shape index (κ2) is 13.9. The third-order valence-electron chi connectivity index (χ3n) is 10.4. The summed E-state index contributed by atoms with van der Waals surface area (Å²) in [6, 6.07) is 13.4. The van der Waals surface area contributed by atoms with Crippen molar-refractivity contribution in [1.29, 1.82) is 0 Å². The summed E-state index contributed by atoms with van der Waals surface area (Å²) in [7, 11) is 0. The van der Waals surface area contributed by atoms with Gasteiger partial charge in [-0.2, -0.15) is 0 Å². The summed E-state index contributed by atoms with van der Waals surface area (Å²) in [5.41, 5.74) is 2.52. The predicted molar refractivity (Wildman–Crippen MR) is 177 cm³/mol. The Hall–Kier alpha value is -5.00. The van der Waals surface area contributed by atoms with Gasteiger partial charge in [0.25, 0.3) is 17.7 Å². The van der Waals surface area contributed by atoms with Crippen LogP contribution in [-0.2, 0) is 16.0 Å². The Morgan fingerprint density at radius 2 is 1.67 bits per heavy atom. The summed E-state index contributed by atoms with van der Waals surface area (Å²) in [4.78, 5) is 70.8. The molecule has 2 saturated carbocycles. The second-order valence-corrected chi connectivity index (χ2v) is 13.5. The van der Waals surface area contributed by atoms with Crippen LogP contribution in [0.5, 0.6) is 5.75 Å². The van der Waals surface area contributed by atoms with Crippen LogP contribution in [0, 0.1) is 18.8 Å². The minimum absolute atomic E-state index is 0.0519. The van der Waals surface area contributed by atoms with Crippen LogP contribution >= 0.6 is 0 Å². The number of fused-ring (bicyclic) bond motifs is 2. The van der Waals surface area contributed by atoms with Gasteiger partial charge in [-0.05, 0) is 69.2 Å². The van der Waals surface area contributed by atoms with Gasteiger partial charge in [0, 0.05) is 36.1 Å². The van der Waals surface area contributed by atoms with Crippen molar-refractivity contribution in [3.8, 4) is 5.75 Å². The molecule has 4 aliphatic rings. The normalized spacial score (nSPS) is 21.9. The van der Waals surface area contributed by atoms with Crippen LogP contribution in [0.4, 0.5) is 0 Å².